The predicted molar refractivity (Wildman–Crippen MR) is 116 cm³/mol. The average molecular weight is 434 g/mol. The first kappa shape index (κ1) is 23.3. The van der Waals surface area contributed by atoms with Crippen LogP contribution in [0.5, 0.6) is 0 Å². The van der Waals surface area contributed by atoms with Crippen molar-refractivity contribution in [3.8, 4) is 11.1 Å². The van der Waals surface area contributed by atoms with Crippen molar-refractivity contribution in [2.75, 3.05) is 20.2 Å². The maximum absolute atomic E-state index is 13.0. The molecule has 0 spiro atoms. The van der Waals surface area contributed by atoms with Crippen LogP contribution in [-0.2, 0) is 15.7 Å². The number of methoxy groups -OCH3 is 1. The molecule has 2 atom stereocenters. The van der Waals surface area contributed by atoms with E-state index in [-0.39, 0.29) is 5.97 Å². The van der Waals surface area contributed by atoms with Gasteiger partial charge in [0.05, 0.1) is 18.6 Å². The Kier molecular flexibility index (Phi) is 7.42. The summed E-state index contributed by atoms with van der Waals surface area (Å²) < 4.78 is 44.0. The molecule has 1 aliphatic heterocycles. The molecule has 0 amide bonds. The SMILES string of the molecule is COC(=O)C(CC(C)C)c1cc(-c2ccc(C(F)(F)F)cc2)cc(C2CCCNC2)c1. The van der Waals surface area contributed by atoms with Crippen molar-refractivity contribution in [1.29, 1.82) is 0 Å². The quantitative estimate of drug-likeness (QED) is 0.556. The van der Waals surface area contributed by atoms with Crippen molar-refractivity contribution in [2.45, 2.75) is 51.1 Å². The summed E-state index contributed by atoms with van der Waals surface area (Å²) in [6.07, 6.45) is -1.62. The number of benzene rings is 2. The van der Waals surface area contributed by atoms with Gasteiger partial charge in [0.15, 0.2) is 0 Å². The topological polar surface area (TPSA) is 38.3 Å². The van der Waals surface area contributed by atoms with E-state index in [9.17, 15) is 18.0 Å². The molecule has 1 aliphatic rings. The maximum atomic E-state index is 13.0. The number of ether oxygens (including phenoxy) is 1. The number of rotatable bonds is 6. The first-order chi connectivity index (χ1) is 14.7. The van der Waals surface area contributed by atoms with E-state index in [1.807, 2.05) is 12.1 Å². The number of carbonyl (C=O) groups excluding carboxylic acids is 1. The summed E-state index contributed by atoms with van der Waals surface area (Å²) in [5.74, 6) is -0.0986. The van der Waals surface area contributed by atoms with Gasteiger partial charge in [-0.15, -0.1) is 0 Å². The Balaban J connectivity index is 2.07. The molecule has 1 saturated heterocycles. The molecule has 0 radical (unpaired) electrons. The van der Waals surface area contributed by atoms with E-state index in [1.165, 1.54) is 19.2 Å². The zero-order valence-corrected chi connectivity index (χ0v) is 18.3. The van der Waals surface area contributed by atoms with Crippen LogP contribution >= 0.6 is 0 Å². The van der Waals surface area contributed by atoms with Crippen molar-refractivity contribution in [3.63, 3.8) is 0 Å². The third-order valence-electron chi connectivity index (χ3n) is 5.89. The lowest BCUT2D eigenvalue weighted by Crippen LogP contribution is -2.28. The van der Waals surface area contributed by atoms with Gasteiger partial charge in [0.2, 0.25) is 0 Å². The standard InChI is InChI=1S/C25H30F3NO2/c1-16(2)11-23(24(30)31-3)21-13-19(12-20(14-21)18-5-4-10-29-15-18)17-6-8-22(9-7-17)25(26,27)28/h6-9,12-14,16,18,23,29H,4-5,10-11,15H2,1-3H3. The van der Waals surface area contributed by atoms with Crippen LogP contribution < -0.4 is 5.32 Å². The highest BCUT2D eigenvalue weighted by molar-refractivity contribution is 5.79. The Hall–Kier alpha value is -2.34. The first-order valence-corrected chi connectivity index (χ1v) is 10.8. The molecule has 1 heterocycles. The third kappa shape index (κ3) is 5.88. The highest BCUT2D eigenvalue weighted by Crippen LogP contribution is 2.36. The third-order valence-corrected chi connectivity index (χ3v) is 5.89. The van der Waals surface area contributed by atoms with Gasteiger partial charge in [-0.05, 0) is 72.0 Å². The fraction of sp³-hybridized carbons (Fsp3) is 0.480. The van der Waals surface area contributed by atoms with Crippen LogP contribution in [0.25, 0.3) is 11.1 Å². The molecule has 0 aliphatic carbocycles. The number of alkyl halides is 3. The molecule has 2 aromatic carbocycles. The second-order valence-electron chi connectivity index (χ2n) is 8.71. The predicted octanol–water partition coefficient (Wildman–Crippen LogP) is 6.14. The molecule has 2 aromatic rings. The van der Waals surface area contributed by atoms with Crippen LogP contribution in [0.3, 0.4) is 0 Å². The Morgan fingerprint density at radius 3 is 2.39 bits per heavy atom. The van der Waals surface area contributed by atoms with E-state index in [1.54, 1.807) is 0 Å². The van der Waals surface area contributed by atoms with Gasteiger partial charge >= 0.3 is 12.1 Å². The van der Waals surface area contributed by atoms with Crippen molar-refractivity contribution in [3.05, 3.63) is 59.2 Å². The lowest BCUT2D eigenvalue weighted by atomic mass is 9.83. The van der Waals surface area contributed by atoms with Crippen LogP contribution in [-0.4, -0.2) is 26.2 Å². The van der Waals surface area contributed by atoms with Gasteiger partial charge in [0, 0.05) is 6.54 Å². The molecule has 6 heteroatoms. The monoisotopic (exact) mass is 433 g/mol. The lowest BCUT2D eigenvalue weighted by molar-refractivity contribution is -0.143. The smallest absolute Gasteiger partial charge is 0.416 e. The number of hydrogen-bond donors (Lipinski definition) is 1. The Morgan fingerprint density at radius 1 is 1.13 bits per heavy atom. The summed E-state index contributed by atoms with van der Waals surface area (Å²) in [6, 6.07) is 11.3. The number of hydrogen-bond acceptors (Lipinski definition) is 3. The Labute approximate surface area is 182 Å². The van der Waals surface area contributed by atoms with Crippen molar-refractivity contribution in [2.24, 2.45) is 5.92 Å². The number of halogens is 3. The summed E-state index contributed by atoms with van der Waals surface area (Å²) in [7, 11) is 1.39. The van der Waals surface area contributed by atoms with E-state index >= 15 is 0 Å². The molecule has 0 saturated carbocycles. The lowest BCUT2D eigenvalue weighted by Gasteiger charge is -2.26. The van der Waals surface area contributed by atoms with Crippen LogP contribution in [0, 0.1) is 5.92 Å². The van der Waals surface area contributed by atoms with Gasteiger partial charge in [-0.1, -0.05) is 44.2 Å². The zero-order valence-electron chi connectivity index (χ0n) is 18.3. The summed E-state index contributed by atoms with van der Waals surface area (Å²) in [5.41, 5.74) is 2.82. The summed E-state index contributed by atoms with van der Waals surface area (Å²) in [4.78, 5) is 12.6. The normalized spacial score (nSPS) is 18.1. The molecule has 2 unspecified atom stereocenters. The summed E-state index contributed by atoms with van der Waals surface area (Å²) >= 11 is 0. The van der Waals surface area contributed by atoms with Crippen LogP contribution in [0.4, 0.5) is 13.2 Å². The van der Waals surface area contributed by atoms with Crippen LogP contribution in [0.15, 0.2) is 42.5 Å². The molecule has 31 heavy (non-hydrogen) atoms. The fourth-order valence-corrected chi connectivity index (χ4v) is 4.25. The number of piperidine rings is 1. The maximum Gasteiger partial charge on any atom is 0.416 e. The van der Waals surface area contributed by atoms with Crippen molar-refractivity contribution in [1.82, 2.24) is 5.32 Å². The Morgan fingerprint density at radius 2 is 1.84 bits per heavy atom. The summed E-state index contributed by atoms with van der Waals surface area (Å²) in [6.45, 7) is 5.95. The second kappa shape index (κ2) is 9.86. The van der Waals surface area contributed by atoms with Gasteiger partial charge in [0.1, 0.15) is 0 Å². The molecule has 1 N–H and O–H groups in total. The van der Waals surface area contributed by atoms with E-state index in [4.69, 9.17) is 4.74 Å². The number of esters is 1. The zero-order chi connectivity index (χ0) is 22.6. The number of nitrogens with one attached hydrogen (secondary N) is 1. The van der Waals surface area contributed by atoms with Crippen molar-refractivity contribution < 1.29 is 22.7 Å². The highest BCUT2D eigenvalue weighted by Gasteiger charge is 2.30. The first-order valence-electron chi connectivity index (χ1n) is 10.8. The summed E-state index contributed by atoms with van der Waals surface area (Å²) in [5, 5.41) is 3.41. The van der Waals surface area contributed by atoms with Crippen molar-refractivity contribution >= 4 is 5.97 Å². The van der Waals surface area contributed by atoms with Gasteiger partial charge < -0.3 is 10.1 Å². The van der Waals surface area contributed by atoms with Gasteiger partial charge in [-0.2, -0.15) is 13.2 Å². The van der Waals surface area contributed by atoms with E-state index < -0.39 is 17.7 Å². The molecule has 168 valence electrons. The average Bonchev–Trinajstić information content (AvgIpc) is 2.76. The largest absolute Gasteiger partial charge is 0.469 e. The molecule has 3 rings (SSSR count). The van der Waals surface area contributed by atoms with E-state index in [2.05, 4.69) is 25.2 Å². The van der Waals surface area contributed by atoms with E-state index in [0.717, 1.165) is 54.8 Å². The Bertz CT molecular complexity index is 885. The van der Waals surface area contributed by atoms with E-state index in [0.29, 0.717) is 23.8 Å². The molecule has 1 fully saturated rings. The molecular weight excluding hydrogens is 403 g/mol. The van der Waals surface area contributed by atoms with Crippen LogP contribution in [0.1, 0.15) is 61.6 Å². The van der Waals surface area contributed by atoms with Gasteiger partial charge in [-0.25, -0.2) is 0 Å². The van der Waals surface area contributed by atoms with Crippen LogP contribution in [0.2, 0.25) is 0 Å². The molecule has 3 nitrogen and oxygen atoms in total. The fourth-order valence-electron chi connectivity index (χ4n) is 4.25. The molecule has 0 bridgehead atoms. The molecule has 0 aromatic heterocycles. The molecular formula is C25H30F3NO2. The minimum atomic E-state index is -4.37. The number of carbonyl (C=O) groups is 1. The minimum absolute atomic E-state index is 0.286. The van der Waals surface area contributed by atoms with Gasteiger partial charge in [0.25, 0.3) is 0 Å². The minimum Gasteiger partial charge on any atom is -0.469 e. The highest BCUT2D eigenvalue weighted by atomic mass is 19.4. The second-order valence-corrected chi connectivity index (χ2v) is 8.71. The van der Waals surface area contributed by atoms with Gasteiger partial charge in [-0.3, -0.25) is 4.79 Å².